The van der Waals surface area contributed by atoms with Gasteiger partial charge in [-0.3, -0.25) is 14.5 Å². The van der Waals surface area contributed by atoms with E-state index in [4.69, 9.17) is 0 Å². The molecule has 0 aliphatic carbocycles. The van der Waals surface area contributed by atoms with Gasteiger partial charge in [-0.15, -0.1) is 0 Å². The van der Waals surface area contributed by atoms with Crippen LogP contribution in [-0.2, 0) is 4.79 Å². The second kappa shape index (κ2) is 8.77. The maximum absolute atomic E-state index is 12.9. The van der Waals surface area contributed by atoms with E-state index in [9.17, 15) is 14.0 Å². The van der Waals surface area contributed by atoms with Gasteiger partial charge in [-0.25, -0.2) is 4.39 Å². The molecule has 0 radical (unpaired) electrons. The number of amides is 2. The minimum absolute atomic E-state index is 0.0754. The molecule has 2 unspecified atom stereocenters. The quantitative estimate of drug-likeness (QED) is 0.823. The topological polar surface area (TPSA) is 61.4 Å². The highest BCUT2D eigenvalue weighted by molar-refractivity contribution is 5.96. The molecule has 3 rings (SSSR count). The first-order valence-corrected chi connectivity index (χ1v) is 9.15. The van der Waals surface area contributed by atoms with Crippen LogP contribution in [0.4, 0.5) is 4.39 Å². The number of rotatable bonds is 6. The molecule has 1 aliphatic heterocycles. The predicted molar refractivity (Wildman–Crippen MR) is 102 cm³/mol. The van der Waals surface area contributed by atoms with Crippen molar-refractivity contribution in [1.29, 1.82) is 0 Å². The van der Waals surface area contributed by atoms with E-state index in [1.807, 2.05) is 18.2 Å². The molecule has 2 aromatic rings. The van der Waals surface area contributed by atoms with Gasteiger partial charge in [0.2, 0.25) is 5.91 Å². The van der Waals surface area contributed by atoms with Crippen molar-refractivity contribution in [2.75, 3.05) is 19.6 Å². The Labute approximate surface area is 158 Å². The van der Waals surface area contributed by atoms with E-state index < -0.39 is 11.7 Å². The highest BCUT2D eigenvalue weighted by Crippen LogP contribution is 2.24. The van der Waals surface area contributed by atoms with Crippen molar-refractivity contribution in [3.63, 3.8) is 0 Å². The first kappa shape index (κ1) is 19.0. The molecule has 5 nitrogen and oxygen atoms in total. The summed E-state index contributed by atoms with van der Waals surface area (Å²) in [6.07, 6.45) is 0.884. The molecule has 0 bridgehead atoms. The summed E-state index contributed by atoms with van der Waals surface area (Å²) in [4.78, 5) is 26.4. The van der Waals surface area contributed by atoms with Gasteiger partial charge in [0.1, 0.15) is 5.82 Å². The lowest BCUT2D eigenvalue weighted by Gasteiger charge is -2.24. The van der Waals surface area contributed by atoms with Crippen molar-refractivity contribution in [3.8, 4) is 0 Å². The SMILES string of the molecule is CC(c1ccccc1)N1CCC(NC(=O)CNC(=O)c2ccc(F)cc2)C1. The smallest absolute Gasteiger partial charge is 0.251 e. The Morgan fingerprint density at radius 2 is 1.85 bits per heavy atom. The molecule has 0 aromatic heterocycles. The number of likely N-dealkylation sites (tertiary alicyclic amines) is 1. The van der Waals surface area contributed by atoms with Crippen LogP contribution in [0.2, 0.25) is 0 Å². The molecule has 0 spiro atoms. The molecule has 1 saturated heterocycles. The summed E-state index contributed by atoms with van der Waals surface area (Å²) in [6.45, 7) is 3.78. The third-order valence-corrected chi connectivity index (χ3v) is 4.93. The van der Waals surface area contributed by atoms with Crippen LogP contribution >= 0.6 is 0 Å². The van der Waals surface area contributed by atoms with Crippen molar-refractivity contribution in [2.45, 2.75) is 25.4 Å². The fourth-order valence-corrected chi connectivity index (χ4v) is 3.34. The van der Waals surface area contributed by atoms with Crippen LogP contribution in [0, 0.1) is 5.82 Å². The Kier molecular flexibility index (Phi) is 6.19. The maximum Gasteiger partial charge on any atom is 0.251 e. The van der Waals surface area contributed by atoms with Crippen LogP contribution in [0.3, 0.4) is 0 Å². The lowest BCUT2D eigenvalue weighted by atomic mass is 10.1. The molecule has 2 N–H and O–H groups in total. The minimum Gasteiger partial charge on any atom is -0.350 e. The van der Waals surface area contributed by atoms with Crippen molar-refractivity contribution in [3.05, 3.63) is 71.5 Å². The number of hydrogen-bond acceptors (Lipinski definition) is 3. The molecule has 0 saturated carbocycles. The minimum atomic E-state index is -0.403. The van der Waals surface area contributed by atoms with Gasteiger partial charge in [-0.1, -0.05) is 30.3 Å². The van der Waals surface area contributed by atoms with Crippen molar-refractivity contribution in [2.24, 2.45) is 0 Å². The lowest BCUT2D eigenvalue weighted by molar-refractivity contribution is -0.120. The molecule has 1 heterocycles. The molecular formula is C21H24FN3O2. The summed E-state index contributed by atoms with van der Waals surface area (Å²) < 4.78 is 12.9. The van der Waals surface area contributed by atoms with E-state index in [0.29, 0.717) is 11.6 Å². The van der Waals surface area contributed by atoms with Crippen LogP contribution in [-0.4, -0.2) is 42.4 Å². The van der Waals surface area contributed by atoms with Gasteiger partial charge in [0, 0.05) is 30.7 Å². The van der Waals surface area contributed by atoms with Crippen LogP contribution in [0.1, 0.15) is 35.3 Å². The molecule has 6 heteroatoms. The Morgan fingerprint density at radius 1 is 1.15 bits per heavy atom. The Bertz CT molecular complexity index is 780. The van der Waals surface area contributed by atoms with Crippen LogP contribution < -0.4 is 10.6 Å². The van der Waals surface area contributed by atoms with E-state index in [1.165, 1.54) is 29.8 Å². The number of nitrogens with zero attached hydrogens (tertiary/aromatic N) is 1. The van der Waals surface area contributed by atoms with E-state index in [1.54, 1.807) is 0 Å². The van der Waals surface area contributed by atoms with Crippen molar-refractivity contribution >= 4 is 11.8 Å². The van der Waals surface area contributed by atoms with Gasteiger partial charge in [-0.05, 0) is 43.2 Å². The van der Waals surface area contributed by atoms with Crippen LogP contribution in [0.5, 0.6) is 0 Å². The maximum atomic E-state index is 12.9. The molecule has 2 atom stereocenters. The fourth-order valence-electron chi connectivity index (χ4n) is 3.34. The molecule has 27 heavy (non-hydrogen) atoms. The summed E-state index contributed by atoms with van der Waals surface area (Å²) in [5.41, 5.74) is 1.59. The lowest BCUT2D eigenvalue weighted by Crippen LogP contribution is -2.43. The molecule has 2 amide bonds. The first-order chi connectivity index (χ1) is 13.0. The Balaban J connectivity index is 1.43. The number of carbonyl (C=O) groups excluding carboxylic acids is 2. The molecule has 2 aromatic carbocycles. The zero-order valence-corrected chi connectivity index (χ0v) is 15.3. The summed E-state index contributed by atoms with van der Waals surface area (Å²) in [5.74, 6) is -1.01. The summed E-state index contributed by atoms with van der Waals surface area (Å²) >= 11 is 0. The van der Waals surface area contributed by atoms with Crippen LogP contribution in [0.15, 0.2) is 54.6 Å². The number of benzene rings is 2. The Hall–Kier alpha value is -2.73. The second-order valence-electron chi connectivity index (χ2n) is 6.82. The van der Waals surface area contributed by atoms with E-state index in [2.05, 4.69) is 34.6 Å². The van der Waals surface area contributed by atoms with Gasteiger partial charge < -0.3 is 10.6 Å². The van der Waals surface area contributed by atoms with Gasteiger partial charge in [-0.2, -0.15) is 0 Å². The standard InChI is InChI=1S/C21H24FN3O2/c1-15(16-5-3-2-4-6-16)25-12-11-19(14-25)24-20(26)13-23-21(27)17-7-9-18(22)10-8-17/h2-10,15,19H,11-14H2,1H3,(H,23,27)(H,24,26). The fraction of sp³-hybridized carbons (Fsp3) is 0.333. The largest absolute Gasteiger partial charge is 0.350 e. The number of carbonyl (C=O) groups is 2. The van der Waals surface area contributed by atoms with E-state index >= 15 is 0 Å². The van der Waals surface area contributed by atoms with Gasteiger partial charge in [0.25, 0.3) is 5.91 Å². The van der Waals surface area contributed by atoms with Crippen molar-refractivity contribution < 1.29 is 14.0 Å². The third kappa shape index (κ3) is 5.14. The zero-order valence-electron chi connectivity index (χ0n) is 15.3. The average molecular weight is 369 g/mol. The summed E-state index contributed by atoms with van der Waals surface area (Å²) in [5, 5.41) is 5.54. The average Bonchev–Trinajstić information content (AvgIpc) is 3.15. The molecule has 1 fully saturated rings. The molecular weight excluding hydrogens is 345 g/mol. The number of halogens is 1. The second-order valence-corrected chi connectivity index (χ2v) is 6.82. The highest BCUT2D eigenvalue weighted by Gasteiger charge is 2.27. The Morgan fingerprint density at radius 3 is 2.56 bits per heavy atom. The van der Waals surface area contributed by atoms with Gasteiger partial charge in [0.15, 0.2) is 0 Å². The van der Waals surface area contributed by atoms with Gasteiger partial charge >= 0.3 is 0 Å². The summed E-state index contributed by atoms with van der Waals surface area (Å²) in [7, 11) is 0. The number of hydrogen-bond donors (Lipinski definition) is 2. The predicted octanol–water partition coefficient (Wildman–Crippen LogP) is 2.51. The van der Waals surface area contributed by atoms with E-state index in [-0.39, 0.29) is 18.5 Å². The molecule has 1 aliphatic rings. The normalized spacial score (nSPS) is 18.1. The van der Waals surface area contributed by atoms with E-state index in [0.717, 1.165) is 19.5 Å². The van der Waals surface area contributed by atoms with Crippen LogP contribution in [0.25, 0.3) is 0 Å². The number of nitrogens with one attached hydrogen (secondary N) is 2. The molecule has 142 valence electrons. The highest BCUT2D eigenvalue weighted by atomic mass is 19.1. The zero-order chi connectivity index (χ0) is 19.2. The first-order valence-electron chi connectivity index (χ1n) is 9.15. The summed E-state index contributed by atoms with van der Waals surface area (Å²) in [6, 6.07) is 15.9. The van der Waals surface area contributed by atoms with Gasteiger partial charge in [0.05, 0.1) is 6.54 Å². The monoisotopic (exact) mass is 369 g/mol. The third-order valence-electron chi connectivity index (χ3n) is 4.93. The van der Waals surface area contributed by atoms with Crippen molar-refractivity contribution in [1.82, 2.24) is 15.5 Å².